The van der Waals surface area contributed by atoms with E-state index in [9.17, 15) is 9.18 Å². The summed E-state index contributed by atoms with van der Waals surface area (Å²) in [4.78, 5) is 15.7. The van der Waals surface area contributed by atoms with Gasteiger partial charge in [0.15, 0.2) is 0 Å². The molecule has 2 aromatic carbocycles. The zero-order chi connectivity index (χ0) is 19.7. The maximum atomic E-state index is 14.6. The van der Waals surface area contributed by atoms with Gasteiger partial charge in [-0.2, -0.15) is 0 Å². The lowest BCUT2D eigenvalue weighted by atomic mass is 9.90. The maximum absolute atomic E-state index is 14.6. The molecule has 0 spiro atoms. The number of para-hydroxylation sites is 1. The van der Waals surface area contributed by atoms with Crippen LogP contribution in [0.15, 0.2) is 48.5 Å². The molecule has 0 bridgehead atoms. The van der Waals surface area contributed by atoms with Crippen molar-refractivity contribution >= 4 is 27.3 Å². The highest BCUT2D eigenvalue weighted by Crippen LogP contribution is 2.37. The Balaban J connectivity index is 1.69. The predicted octanol–water partition coefficient (Wildman–Crippen LogP) is 4.43. The Morgan fingerprint density at radius 3 is 2.75 bits per heavy atom. The van der Waals surface area contributed by atoms with Crippen LogP contribution in [-0.2, 0) is 6.61 Å². The molecule has 1 amide bonds. The Kier molecular flexibility index (Phi) is 5.08. The number of amides is 1. The lowest BCUT2D eigenvalue weighted by Crippen LogP contribution is -2.34. The molecule has 146 valence electrons. The summed E-state index contributed by atoms with van der Waals surface area (Å²) >= 11 is 1.33. The third-order valence-electron chi connectivity index (χ3n) is 5.42. The predicted molar refractivity (Wildman–Crippen MR) is 110 cm³/mol. The Morgan fingerprint density at radius 1 is 1.25 bits per heavy atom. The van der Waals surface area contributed by atoms with E-state index in [1.54, 1.807) is 6.07 Å². The van der Waals surface area contributed by atoms with Gasteiger partial charge in [-0.25, -0.2) is 4.39 Å². The highest BCUT2D eigenvalue weighted by atomic mass is 32.1. The maximum Gasteiger partial charge on any atom is 0.264 e. The molecule has 1 aliphatic rings. The van der Waals surface area contributed by atoms with Crippen LogP contribution in [0.25, 0.3) is 10.1 Å². The number of halogens is 1. The number of hydrogen-bond donors (Lipinski definition) is 1. The highest BCUT2D eigenvalue weighted by molar-refractivity contribution is 7.21. The molecule has 2 N–H and O–H groups in total. The molecular weight excluding hydrogens is 375 g/mol. The van der Waals surface area contributed by atoms with Gasteiger partial charge >= 0.3 is 0 Å². The molecular formula is C22H23FN2O2S. The summed E-state index contributed by atoms with van der Waals surface area (Å²) < 4.78 is 21.3. The molecule has 1 aliphatic heterocycles. The van der Waals surface area contributed by atoms with Crippen LogP contribution in [0.5, 0.6) is 5.75 Å². The Bertz CT molecular complexity index is 1000. The molecule has 3 aromatic rings. The van der Waals surface area contributed by atoms with Crippen molar-refractivity contribution in [1.29, 1.82) is 0 Å². The Morgan fingerprint density at radius 2 is 2.04 bits per heavy atom. The molecule has 6 heteroatoms. The van der Waals surface area contributed by atoms with Gasteiger partial charge in [-0.05, 0) is 42.6 Å². The van der Waals surface area contributed by atoms with Gasteiger partial charge in [-0.15, -0.1) is 11.3 Å². The number of rotatable bonds is 5. The highest BCUT2D eigenvalue weighted by Gasteiger charge is 2.36. The van der Waals surface area contributed by atoms with Crippen molar-refractivity contribution in [2.45, 2.75) is 20.0 Å². The smallest absolute Gasteiger partial charge is 0.264 e. The van der Waals surface area contributed by atoms with E-state index < -0.39 is 0 Å². The van der Waals surface area contributed by atoms with E-state index in [2.05, 4.69) is 6.92 Å². The van der Waals surface area contributed by atoms with Crippen LogP contribution in [0, 0.1) is 11.2 Å². The molecule has 1 atom stereocenters. The lowest BCUT2D eigenvalue weighted by Gasteiger charge is -2.22. The SMILES string of the molecule is CC1(CN)CCN(C(=O)c2sc3cccc(F)c3c2COc2ccccc2)C1. The van der Waals surface area contributed by atoms with Gasteiger partial charge < -0.3 is 15.4 Å². The van der Waals surface area contributed by atoms with E-state index in [0.717, 1.165) is 11.1 Å². The van der Waals surface area contributed by atoms with Gasteiger partial charge in [0.05, 0.1) is 4.88 Å². The first-order valence-electron chi connectivity index (χ1n) is 9.38. The number of fused-ring (bicyclic) bond motifs is 1. The zero-order valence-corrected chi connectivity index (χ0v) is 16.6. The van der Waals surface area contributed by atoms with Crippen LogP contribution in [0.1, 0.15) is 28.6 Å². The quantitative estimate of drug-likeness (QED) is 0.692. The third-order valence-corrected chi connectivity index (χ3v) is 6.61. The molecule has 4 nitrogen and oxygen atoms in total. The number of nitrogens with two attached hydrogens (primary N) is 1. The molecule has 1 fully saturated rings. The largest absolute Gasteiger partial charge is 0.489 e. The van der Waals surface area contributed by atoms with Crippen molar-refractivity contribution in [2.24, 2.45) is 11.1 Å². The fourth-order valence-electron chi connectivity index (χ4n) is 3.66. The van der Waals surface area contributed by atoms with Crippen molar-refractivity contribution in [3.8, 4) is 5.75 Å². The van der Waals surface area contributed by atoms with E-state index in [-0.39, 0.29) is 23.7 Å². The molecule has 0 saturated carbocycles. The first-order valence-corrected chi connectivity index (χ1v) is 10.2. The second kappa shape index (κ2) is 7.53. The fraction of sp³-hybridized carbons (Fsp3) is 0.318. The van der Waals surface area contributed by atoms with Gasteiger partial charge in [-0.1, -0.05) is 31.2 Å². The first-order chi connectivity index (χ1) is 13.5. The first kappa shape index (κ1) is 18.9. The Labute approximate surface area is 167 Å². The van der Waals surface area contributed by atoms with E-state index in [0.29, 0.717) is 41.2 Å². The molecule has 0 radical (unpaired) electrons. The van der Waals surface area contributed by atoms with Crippen LogP contribution in [0.4, 0.5) is 4.39 Å². The molecule has 2 heterocycles. The minimum absolute atomic E-state index is 0.0572. The number of thiophene rings is 1. The van der Waals surface area contributed by atoms with E-state index in [1.165, 1.54) is 17.4 Å². The summed E-state index contributed by atoms with van der Waals surface area (Å²) in [5.41, 5.74) is 6.45. The molecule has 1 unspecified atom stereocenters. The third kappa shape index (κ3) is 3.50. The number of carbonyl (C=O) groups excluding carboxylic acids is 1. The summed E-state index contributed by atoms with van der Waals surface area (Å²) in [6.07, 6.45) is 0.879. The van der Waals surface area contributed by atoms with E-state index in [1.807, 2.05) is 41.3 Å². The van der Waals surface area contributed by atoms with Crippen LogP contribution >= 0.6 is 11.3 Å². The summed E-state index contributed by atoms with van der Waals surface area (Å²) in [6, 6.07) is 14.3. The average Bonchev–Trinajstić information content (AvgIpc) is 3.29. The number of carbonyl (C=O) groups is 1. The number of hydrogen-bond acceptors (Lipinski definition) is 4. The number of likely N-dealkylation sites (tertiary alicyclic amines) is 1. The summed E-state index contributed by atoms with van der Waals surface area (Å²) in [7, 11) is 0. The van der Waals surface area contributed by atoms with Crippen LogP contribution in [0.3, 0.4) is 0 Å². The zero-order valence-electron chi connectivity index (χ0n) is 15.8. The van der Waals surface area contributed by atoms with Crippen molar-refractivity contribution in [3.63, 3.8) is 0 Å². The van der Waals surface area contributed by atoms with Crippen molar-refractivity contribution in [2.75, 3.05) is 19.6 Å². The molecule has 1 saturated heterocycles. The number of benzene rings is 2. The van der Waals surface area contributed by atoms with Gasteiger partial charge in [0.2, 0.25) is 0 Å². The van der Waals surface area contributed by atoms with Gasteiger partial charge in [0, 0.05) is 28.7 Å². The van der Waals surface area contributed by atoms with Crippen molar-refractivity contribution in [3.05, 3.63) is 64.8 Å². The normalized spacial score (nSPS) is 19.3. The van der Waals surface area contributed by atoms with Crippen molar-refractivity contribution < 1.29 is 13.9 Å². The van der Waals surface area contributed by atoms with Crippen molar-refractivity contribution in [1.82, 2.24) is 4.90 Å². The summed E-state index contributed by atoms with van der Waals surface area (Å²) in [5, 5.41) is 0.479. The van der Waals surface area contributed by atoms with E-state index >= 15 is 0 Å². The second-order valence-electron chi connectivity index (χ2n) is 7.62. The van der Waals surface area contributed by atoms with Gasteiger partial charge in [0.25, 0.3) is 5.91 Å². The van der Waals surface area contributed by atoms with Gasteiger partial charge in [0.1, 0.15) is 18.2 Å². The number of ether oxygens (including phenoxy) is 1. The summed E-state index contributed by atoms with van der Waals surface area (Å²) in [6.45, 7) is 4.08. The topological polar surface area (TPSA) is 55.6 Å². The molecule has 4 rings (SSSR count). The van der Waals surface area contributed by atoms with Crippen LogP contribution in [0.2, 0.25) is 0 Å². The standard InChI is InChI=1S/C22H23FN2O2S/c1-22(13-24)10-11-25(14-22)21(26)20-16(12-27-15-6-3-2-4-7-15)19-17(23)8-5-9-18(19)28-20/h2-9H,10-14,24H2,1H3. The van der Waals surface area contributed by atoms with Crippen LogP contribution < -0.4 is 10.5 Å². The molecule has 0 aliphatic carbocycles. The second-order valence-corrected chi connectivity index (χ2v) is 8.67. The minimum Gasteiger partial charge on any atom is -0.489 e. The average molecular weight is 399 g/mol. The Hall–Kier alpha value is -2.44. The monoisotopic (exact) mass is 398 g/mol. The molecule has 1 aromatic heterocycles. The fourth-order valence-corrected chi connectivity index (χ4v) is 4.85. The van der Waals surface area contributed by atoms with Crippen LogP contribution in [-0.4, -0.2) is 30.4 Å². The van der Waals surface area contributed by atoms with Gasteiger partial charge in [-0.3, -0.25) is 4.79 Å². The number of nitrogens with zero attached hydrogens (tertiary/aromatic N) is 1. The lowest BCUT2D eigenvalue weighted by molar-refractivity contribution is 0.0779. The van der Waals surface area contributed by atoms with E-state index in [4.69, 9.17) is 10.5 Å². The summed E-state index contributed by atoms with van der Waals surface area (Å²) in [5.74, 6) is 0.297. The minimum atomic E-state index is -0.326. The molecule has 28 heavy (non-hydrogen) atoms.